The molecular formula is C15H14ClN3S. The van der Waals surface area contributed by atoms with Crippen molar-refractivity contribution >= 4 is 39.0 Å². The molecule has 0 saturated heterocycles. The second kappa shape index (κ2) is 5.77. The highest BCUT2D eigenvalue weighted by molar-refractivity contribution is 7.18. The van der Waals surface area contributed by atoms with Gasteiger partial charge in [0.1, 0.15) is 12.1 Å². The number of aryl methyl sites for hydroxylation is 1. The molecule has 2 heterocycles. The lowest BCUT2D eigenvalue weighted by molar-refractivity contribution is 0.884. The largest absolute Gasteiger partial charge is 0.361 e. The first kappa shape index (κ1) is 13.3. The maximum atomic E-state index is 6.11. The monoisotopic (exact) mass is 303 g/mol. The van der Waals surface area contributed by atoms with Gasteiger partial charge >= 0.3 is 0 Å². The summed E-state index contributed by atoms with van der Waals surface area (Å²) < 4.78 is 1.08. The van der Waals surface area contributed by atoms with Crippen molar-refractivity contribution in [2.45, 2.75) is 13.0 Å². The summed E-state index contributed by atoms with van der Waals surface area (Å²) in [4.78, 5) is 8.70. The third-order valence-electron chi connectivity index (χ3n) is 3.20. The van der Waals surface area contributed by atoms with Crippen molar-refractivity contribution in [1.29, 1.82) is 0 Å². The van der Waals surface area contributed by atoms with Crippen LogP contribution in [-0.2, 0) is 0 Å². The molecule has 0 amide bonds. The molecular weight excluding hydrogens is 290 g/mol. The number of nitrogens with zero attached hydrogens (tertiary/aromatic N) is 2. The Hall–Kier alpha value is -1.65. The van der Waals surface area contributed by atoms with Crippen molar-refractivity contribution in [1.82, 2.24) is 9.97 Å². The van der Waals surface area contributed by atoms with E-state index in [9.17, 15) is 0 Å². The molecule has 0 aliphatic carbocycles. The van der Waals surface area contributed by atoms with Gasteiger partial charge in [0.05, 0.1) is 16.3 Å². The number of aromatic nitrogens is 2. The van der Waals surface area contributed by atoms with Crippen LogP contribution >= 0.6 is 22.9 Å². The fourth-order valence-electron chi connectivity index (χ4n) is 2.13. The number of thiophene rings is 1. The van der Waals surface area contributed by atoms with Gasteiger partial charge in [-0.25, -0.2) is 9.97 Å². The first-order valence-electron chi connectivity index (χ1n) is 6.36. The Kier molecular flexibility index (Phi) is 3.85. The molecule has 0 saturated carbocycles. The minimum Gasteiger partial charge on any atom is -0.361 e. The van der Waals surface area contributed by atoms with Crippen LogP contribution in [-0.4, -0.2) is 15.8 Å². The Balaban J connectivity index is 1.96. The molecule has 0 bridgehead atoms. The zero-order valence-corrected chi connectivity index (χ0v) is 12.6. The van der Waals surface area contributed by atoms with Gasteiger partial charge in [0, 0.05) is 5.88 Å². The maximum absolute atomic E-state index is 6.11. The summed E-state index contributed by atoms with van der Waals surface area (Å²) in [5.74, 6) is 1.34. The second-order valence-corrected chi connectivity index (χ2v) is 5.77. The molecule has 0 aliphatic rings. The van der Waals surface area contributed by atoms with Crippen molar-refractivity contribution in [3.8, 4) is 0 Å². The van der Waals surface area contributed by atoms with Crippen LogP contribution < -0.4 is 5.32 Å². The second-order valence-electron chi connectivity index (χ2n) is 4.58. The molecule has 3 aromatic rings. The van der Waals surface area contributed by atoms with E-state index in [0.717, 1.165) is 21.6 Å². The average Bonchev–Trinajstić information content (AvgIpc) is 2.88. The van der Waals surface area contributed by atoms with Gasteiger partial charge in [0.2, 0.25) is 0 Å². The van der Waals surface area contributed by atoms with Crippen molar-refractivity contribution in [3.05, 3.63) is 53.2 Å². The van der Waals surface area contributed by atoms with Gasteiger partial charge in [-0.05, 0) is 23.4 Å². The number of hydrogen-bond donors (Lipinski definition) is 1. The number of halogens is 1. The summed E-state index contributed by atoms with van der Waals surface area (Å²) in [6, 6.07) is 10.2. The van der Waals surface area contributed by atoms with E-state index in [4.69, 9.17) is 11.6 Å². The third-order valence-corrected chi connectivity index (χ3v) is 4.60. The highest BCUT2D eigenvalue weighted by Gasteiger charge is 2.14. The van der Waals surface area contributed by atoms with Crippen LogP contribution in [0.4, 0.5) is 5.82 Å². The Bertz CT molecular complexity index is 711. The minimum absolute atomic E-state index is 0.0402. The van der Waals surface area contributed by atoms with Crippen LogP contribution in [0.5, 0.6) is 0 Å². The van der Waals surface area contributed by atoms with Crippen molar-refractivity contribution in [2.24, 2.45) is 0 Å². The van der Waals surface area contributed by atoms with Crippen LogP contribution in [0.3, 0.4) is 0 Å². The van der Waals surface area contributed by atoms with E-state index in [1.54, 1.807) is 17.7 Å². The average molecular weight is 304 g/mol. The molecule has 0 aliphatic heterocycles. The molecule has 3 rings (SSSR count). The predicted molar refractivity (Wildman–Crippen MR) is 85.7 cm³/mol. The lowest BCUT2D eigenvalue weighted by atomic mass is 10.1. The van der Waals surface area contributed by atoms with Crippen LogP contribution in [0.15, 0.2) is 42.0 Å². The number of hydrogen-bond acceptors (Lipinski definition) is 4. The third kappa shape index (κ3) is 2.49. The summed E-state index contributed by atoms with van der Waals surface area (Å²) in [6.45, 7) is 2.06. The molecule has 0 fully saturated rings. The maximum Gasteiger partial charge on any atom is 0.147 e. The first-order valence-corrected chi connectivity index (χ1v) is 7.77. The summed E-state index contributed by atoms with van der Waals surface area (Å²) in [5, 5.41) is 5.53. The molecule has 5 heteroatoms. The molecule has 20 heavy (non-hydrogen) atoms. The van der Waals surface area contributed by atoms with Crippen molar-refractivity contribution in [3.63, 3.8) is 0 Å². The number of nitrogens with one attached hydrogen (secondary N) is 1. The summed E-state index contributed by atoms with van der Waals surface area (Å²) in [6.07, 6.45) is 1.60. The van der Waals surface area contributed by atoms with E-state index >= 15 is 0 Å². The molecule has 2 aromatic heterocycles. The molecule has 1 atom stereocenters. The fourth-order valence-corrected chi connectivity index (χ4v) is 3.34. The summed E-state index contributed by atoms with van der Waals surface area (Å²) >= 11 is 7.76. The molecule has 3 nitrogen and oxygen atoms in total. The van der Waals surface area contributed by atoms with E-state index in [2.05, 4.69) is 39.7 Å². The lowest BCUT2D eigenvalue weighted by Crippen LogP contribution is -2.13. The van der Waals surface area contributed by atoms with Crippen molar-refractivity contribution in [2.75, 3.05) is 11.2 Å². The molecule has 1 unspecified atom stereocenters. The molecule has 102 valence electrons. The van der Waals surface area contributed by atoms with Gasteiger partial charge in [-0.2, -0.15) is 0 Å². The van der Waals surface area contributed by atoms with Gasteiger partial charge < -0.3 is 5.32 Å². The Labute approximate surface area is 126 Å². The van der Waals surface area contributed by atoms with Crippen LogP contribution in [0.1, 0.15) is 17.2 Å². The summed E-state index contributed by atoms with van der Waals surface area (Å²) in [5.41, 5.74) is 3.34. The molecule has 1 aromatic carbocycles. The van der Waals surface area contributed by atoms with E-state index < -0.39 is 0 Å². The molecule has 0 spiro atoms. The number of fused-ring (bicyclic) bond motifs is 1. The normalized spacial score (nSPS) is 12.5. The van der Waals surface area contributed by atoms with E-state index in [0.29, 0.717) is 5.88 Å². The predicted octanol–water partition coefficient (Wildman–Crippen LogP) is 4.39. The SMILES string of the molecule is Cc1csc2c(NC(CCl)c3ccccc3)ncnc12. The van der Waals surface area contributed by atoms with Crippen molar-refractivity contribution < 1.29 is 0 Å². The highest BCUT2D eigenvalue weighted by Crippen LogP contribution is 2.30. The standard InChI is InChI=1S/C15H14ClN3S/c1-10-8-20-14-13(10)17-9-18-15(14)19-12(7-16)11-5-3-2-4-6-11/h2-6,8-9,12H,7H2,1H3,(H,17,18,19). The molecule has 1 N–H and O–H groups in total. The summed E-state index contributed by atoms with van der Waals surface area (Å²) in [7, 11) is 0. The van der Waals surface area contributed by atoms with Gasteiger partial charge in [-0.15, -0.1) is 22.9 Å². The first-order chi connectivity index (χ1) is 9.79. The fraction of sp³-hybridized carbons (Fsp3) is 0.200. The van der Waals surface area contributed by atoms with Crippen LogP contribution in [0.2, 0.25) is 0 Å². The highest BCUT2D eigenvalue weighted by atomic mass is 35.5. The van der Waals surface area contributed by atoms with Gasteiger partial charge in [0.15, 0.2) is 0 Å². The zero-order chi connectivity index (χ0) is 13.9. The van der Waals surface area contributed by atoms with Crippen LogP contribution in [0, 0.1) is 6.92 Å². The van der Waals surface area contributed by atoms with Gasteiger partial charge in [-0.1, -0.05) is 30.3 Å². The minimum atomic E-state index is 0.0402. The van der Waals surface area contributed by atoms with Gasteiger partial charge in [-0.3, -0.25) is 0 Å². The topological polar surface area (TPSA) is 37.8 Å². The van der Waals surface area contributed by atoms with E-state index in [-0.39, 0.29) is 6.04 Å². The van der Waals surface area contributed by atoms with Gasteiger partial charge in [0.25, 0.3) is 0 Å². The Morgan fingerprint density at radius 1 is 1.25 bits per heavy atom. The molecule has 0 radical (unpaired) electrons. The van der Waals surface area contributed by atoms with E-state index in [1.807, 2.05) is 18.2 Å². The zero-order valence-electron chi connectivity index (χ0n) is 11.0. The number of anilines is 1. The van der Waals surface area contributed by atoms with E-state index in [1.165, 1.54) is 5.56 Å². The number of rotatable bonds is 4. The number of benzene rings is 1. The van der Waals surface area contributed by atoms with Crippen LogP contribution in [0.25, 0.3) is 10.2 Å². The smallest absolute Gasteiger partial charge is 0.147 e. The lowest BCUT2D eigenvalue weighted by Gasteiger charge is -2.17. The Morgan fingerprint density at radius 2 is 2.05 bits per heavy atom. The Morgan fingerprint density at radius 3 is 2.80 bits per heavy atom. The number of alkyl halides is 1. The quantitative estimate of drug-likeness (QED) is 0.726.